The molecule has 2 unspecified atom stereocenters. The quantitative estimate of drug-likeness (QED) is 0.838. The number of rotatable bonds is 4. The predicted octanol–water partition coefficient (Wildman–Crippen LogP) is 4.24. The Morgan fingerprint density at radius 3 is 2.65 bits per heavy atom. The summed E-state index contributed by atoms with van der Waals surface area (Å²) < 4.78 is 5.51. The number of carbonyl (C=O) groups excluding carboxylic acids is 1. The Kier molecular flexibility index (Phi) is 5.68. The Hall–Kier alpha value is -1.85. The first-order valence-corrected chi connectivity index (χ1v) is 9.16. The first kappa shape index (κ1) is 18.9. The minimum Gasteiger partial charge on any atom is -0.444 e. The second-order valence-corrected chi connectivity index (χ2v) is 7.55. The van der Waals surface area contributed by atoms with Gasteiger partial charge in [-0.15, -0.1) is 12.4 Å². The van der Waals surface area contributed by atoms with Crippen LogP contribution in [0.15, 0.2) is 28.9 Å². The van der Waals surface area contributed by atoms with Crippen LogP contribution in [0.25, 0.3) is 11.5 Å². The lowest BCUT2D eigenvalue weighted by Crippen LogP contribution is -2.39. The van der Waals surface area contributed by atoms with E-state index >= 15 is 0 Å². The maximum absolute atomic E-state index is 12.5. The van der Waals surface area contributed by atoms with Crippen molar-refractivity contribution < 1.29 is 9.21 Å². The van der Waals surface area contributed by atoms with Crippen LogP contribution in [0, 0.1) is 19.8 Å². The highest BCUT2D eigenvalue weighted by Crippen LogP contribution is 2.33. The molecule has 0 aliphatic carbocycles. The van der Waals surface area contributed by atoms with Crippen LogP contribution in [0.3, 0.4) is 0 Å². The molecule has 140 valence electrons. The number of oxazole rings is 1. The van der Waals surface area contributed by atoms with Crippen LogP contribution < -0.4 is 10.6 Å². The van der Waals surface area contributed by atoms with Gasteiger partial charge in [0.25, 0.3) is 0 Å². The number of nitrogens with zero attached hydrogens (tertiary/aromatic N) is 1. The van der Waals surface area contributed by atoms with Crippen molar-refractivity contribution in [2.75, 3.05) is 5.32 Å². The van der Waals surface area contributed by atoms with E-state index in [0.29, 0.717) is 30.3 Å². The number of hydrogen-bond donors (Lipinski definition) is 2. The first-order valence-electron chi connectivity index (χ1n) is 9.16. The average Bonchev–Trinajstić information content (AvgIpc) is 3.14. The Bertz CT molecular complexity index is 777. The van der Waals surface area contributed by atoms with E-state index in [9.17, 15) is 4.79 Å². The van der Waals surface area contributed by atoms with Gasteiger partial charge >= 0.3 is 0 Å². The minimum atomic E-state index is 0. The number of amides is 1. The zero-order valence-corrected chi connectivity index (χ0v) is 16.1. The lowest BCUT2D eigenvalue weighted by atomic mass is 9.89. The number of aromatic nitrogens is 1. The van der Waals surface area contributed by atoms with Gasteiger partial charge in [0.2, 0.25) is 11.8 Å². The normalized spacial score (nSPS) is 24.2. The monoisotopic (exact) mass is 375 g/mol. The lowest BCUT2D eigenvalue weighted by molar-refractivity contribution is -0.117. The van der Waals surface area contributed by atoms with Gasteiger partial charge in [-0.05, 0) is 63.1 Å². The number of benzene rings is 1. The summed E-state index contributed by atoms with van der Waals surface area (Å²) in [5.41, 5.74) is 3.66. The van der Waals surface area contributed by atoms with Gasteiger partial charge in [-0.1, -0.05) is 6.07 Å². The molecule has 2 bridgehead atoms. The topological polar surface area (TPSA) is 67.2 Å². The van der Waals surface area contributed by atoms with Gasteiger partial charge < -0.3 is 15.1 Å². The Morgan fingerprint density at radius 1 is 1.27 bits per heavy atom. The average molecular weight is 376 g/mol. The zero-order valence-electron chi connectivity index (χ0n) is 15.2. The molecule has 6 heteroatoms. The van der Waals surface area contributed by atoms with E-state index in [1.807, 2.05) is 32.0 Å². The van der Waals surface area contributed by atoms with E-state index in [4.69, 9.17) is 4.42 Å². The summed E-state index contributed by atoms with van der Waals surface area (Å²) in [4.78, 5) is 16.9. The number of anilines is 1. The molecule has 1 aromatic carbocycles. The second kappa shape index (κ2) is 7.80. The highest BCUT2D eigenvalue weighted by Gasteiger charge is 2.34. The summed E-state index contributed by atoms with van der Waals surface area (Å²) in [6.45, 7) is 3.92. The number of aryl methyl sites for hydroxylation is 2. The molecule has 2 aliphatic heterocycles. The van der Waals surface area contributed by atoms with Crippen molar-refractivity contribution >= 4 is 24.0 Å². The third-order valence-electron chi connectivity index (χ3n) is 5.42. The van der Waals surface area contributed by atoms with Crippen LogP contribution in [0.1, 0.15) is 43.4 Å². The van der Waals surface area contributed by atoms with Crippen LogP contribution in [0.2, 0.25) is 0 Å². The van der Waals surface area contributed by atoms with E-state index in [0.717, 1.165) is 35.3 Å². The molecule has 2 atom stereocenters. The molecule has 26 heavy (non-hydrogen) atoms. The van der Waals surface area contributed by atoms with E-state index in [1.165, 1.54) is 12.8 Å². The van der Waals surface area contributed by atoms with Crippen LogP contribution in [0.5, 0.6) is 0 Å². The fraction of sp³-hybridized carbons (Fsp3) is 0.500. The molecule has 2 aromatic rings. The maximum atomic E-state index is 12.5. The largest absolute Gasteiger partial charge is 0.444 e. The Balaban J connectivity index is 0.00000196. The van der Waals surface area contributed by atoms with E-state index in [2.05, 4.69) is 15.6 Å². The van der Waals surface area contributed by atoms with Gasteiger partial charge in [0.05, 0.1) is 5.69 Å². The maximum Gasteiger partial charge on any atom is 0.226 e. The molecule has 2 aliphatic rings. The van der Waals surface area contributed by atoms with Gasteiger partial charge in [-0.3, -0.25) is 4.79 Å². The summed E-state index contributed by atoms with van der Waals surface area (Å²) >= 11 is 0. The standard InChI is InChI=1S/C20H25N3O2.ClH/c1-12-3-4-17(10-18(12)20-21-13(2)11-25-20)23-19(24)9-14-7-15-5-6-16(8-14)22-15;/h3-4,10-11,14-16,22H,5-9H2,1-2H3,(H,23,24);1H. The van der Waals surface area contributed by atoms with Crippen molar-refractivity contribution in [2.24, 2.45) is 5.92 Å². The number of hydrogen-bond acceptors (Lipinski definition) is 4. The summed E-state index contributed by atoms with van der Waals surface area (Å²) in [5, 5.41) is 6.68. The summed E-state index contributed by atoms with van der Waals surface area (Å²) in [6, 6.07) is 7.13. The van der Waals surface area contributed by atoms with Gasteiger partial charge in [-0.25, -0.2) is 4.98 Å². The molecule has 2 fully saturated rings. The molecule has 3 heterocycles. The third kappa shape index (κ3) is 4.10. The fourth-order valence-electron chi connectivity index (χ4n) is 4.22. The van der Waals surface area contributed by atoms with Gasteiger partial charge in [0.1, 0.15) is 6.26 Å². The van der Waals surface area contributed by atoms with Crippen molar-refractivity contribution in [1.82, 2.24) is 10.3 Å². The molecule has 4 rings (SSSR count). The van der Waals surface area contributed by atoms with Crippen LogP contribution in [0.4, 0.5) is 5.69 Å². The summed E-state index contributed by atoms with van der Waals surface area (Å²) in [7, 11) is 0. The van der Waals surface area contributed by atoms with Crippen molar-refractivity contribution in [3.8, 4) is 11.5 Å². The van der Waals surface area contributed by atoms with Crippen molar-refractivity contribution in [1.29, 1.82) is 0 Å². The molecule has 0 radical (unpaired) electrons. The van der Waals surface area contributed by atoms with E-state index in [1.54, 1.807) is 6.26 Å². The second-order valence-electron chi connectivity index (χ2n) is 7.55. The molecule has 2 saturated heterocycles. The van der Waals surface area contributed by atoms with Crippen molar-refractivity contribution in [3.63, 3.8) is 0 Å². The number of piperidine rings is 1. The van der Waals surface area contributed by atoms with E-state index in [-0.39, 0.29) is 18.3 Å². The summed E-state index contributed by atoms with van der Waals surface area (Å²) in [6.07, 6.45) is 7.03. The summed E-state index contributed by atoms with van der Waals surface area (Å²) in [5.74, 6) is 1.20. The SMILES string of the molecule is Cc1coc(-c2cc(NC(=O)CC3CC4CCC(C3)N4)ccc2C)n1.Cl. The Labute approximate surface area is 160 Å². The van der Waals surface area contributed by atoms with Gasteiger partial charge in [0.15, 0.2) is 0 Å². The fourth-order valence-corrected chi connectivity index (χ4v) is 4.22. The van der Waals surface area contributed by atoms with Crippen LogP contribution >= 0.6 is 12.4 Å². The first-order chi connectivity index (χ1) is 12.1. The molecule has 2 N–H and O–H groups in total. The van der Waals surface area contributed by atoms with Crippen LogP contribution in [-0.4, -0.2) is 23.0 Å². The van der Waals surface area contributed by atoms with E-state index < -0.39 is 0 Å². The predicted molar refractivity (Wildman–Crippen MR) is 105 cm³/mol. The smallest absolute Gasteiger partial charge is 0.226 e. The van der Waals surface area contributed by atoms with Gasteiger partial charge in [-0.2, -0.15) is 0 Å². The molecule has 0 saturated carbocycles. The minimum absolute atomic E-state index is 0. The Morgan fingerprint density at radius 2 is 2.00 bits per heavy atom. The van der Waals surface area contributed by atoms with Crippen molar-refractivity contribution in [3.05, 3.63) is 35.7 Å². The molecule has 1 amide bonds. The third-order valence-corrected chi connectivity index (χ3v) is 5.42. The molecule has 5 nitrogen and oxygen atoms in total. The zero-order chi connectivity index (χ0) is 17.4. The number of carbonyl (C=O) groups is 1. The lowest BCUT2D eigenvalue weighted by Gasteiger charge is -2.28. The number of nitrogens with one attached hydrogen (secondary N) is 2. The molecule has 1 aromatic heterocycles. The highest BCUT2D eigenvalue weighted by molar-refractivity contribution is 5.91. The molecule has 0 spiro atoms. The van der Waals surface area contributed by atoms with Crippen molar-refractivity contribution in [2.45, 2.75) is 58.0 Å². The molecular weight excluding hydrogens is 350 g/mol. The van der Waals surface area contributed by atoms with Crippen LogP contribution in [-0.2, 0) is 4.79 Å². The van der Waals surface area contributed by atoms with Gasteiger partial charge in [0, 0.05) is 29.8 Å². The molecular formula is C20H26ClN3O2. The number of halogens is 1. The number of fused-ring (bicyclic) bond motifs is 2. The highest BCUT2D eigenvalue weighted by atomic mass is 35.5.